The van der Waals surface area contributed by atoms with Crippen LogP contribution in [-0.4, -0.2) is 24.6 Å². The Kier molecular flexibility index (Phi) is 2.82. The zero-order valence-corrected chi connectivity index (χ0v) is 8.15. The topological polar surface area (TPSA) is 130 Å². The van der Waals surface area contributed by atoms with Crippen molar-refractivity contribution in [3.05, 3.63) is 23.8 Å². The Balaban J connectivity index is 3.24. The number of nitrogens with one attached hydrogen (secondary N) is 1. The Bertz CT molecular complexity index is 496. The highest BCUT2D eigenvalue weighted by Gasteiger charge is 2.13. The second-order valence-electron chi connectivity index (χ2n) is 2.68. The number of aromatic hydroxyl groups is 1. The van der Waals surface area contributed by atoms with Gasteiger partial charge in [0, 0.05) is 0 Å². The highest BCUT2D eigenvalue weighted by molar-refractivity contribution is 7.90. The summed E-state index contributed by atoms with van der Waals surface area (Å²) >= 11 is 0. The van der Waals surface area contributed by atoms with E-state index >= 15 is 0 Å². The Hall–Kier alpha value is -1.80. The van der Waals surface area contributed by atoms with Gasteiger partial charge < -0.3 is 10.2 Å². The summed E-state index contributed by atoms with van der Waals surface area (Å²) in [5.41, 5.74) is -0.591. The van der Waals surface area contributed by atoms with Gasteiger partial charge in [-0.3, -0.25) is 4.72 Å². The maximum absolute atomic E-state index is 10.7. The van der Waals surface area contributed by atoms with Crippen LogP contribution < -0.4 is 9.86 Å². The molecule has 0 amide bonds. The molecule has 0 unspecified atom stereocenters. The second-order valence-corrected chi connectivity index (χ2v) is 3.98. The first-order chi connectivity index (χ1) is 6.79. The third kappa shape index (κ3) is 3.11. The number of carboxylic acid groups (broad SMARTS) is 1. The van der Waals surface area contributed by atoms with E-state index in [2.05, 4.69) is 5.14 Å². The summed E-state index contributed by atoms with van der Waals surface area (Å²) in [7, 11) is -4.04. The molecule has 8 heteroatoms. The lowest BCUT2D eigenvalue weighted by atomic mass is 10.2. The minimum atomic E-state index is -4.04. The van der Waals surface area contributed by atoms with Crippen LogP contribution in [0.4, 0.5) is 5.69 Å². The van der Waals surface area contributed by atoms with Gasteiger partial charge in [0.15, 0.2) is 0 Å². The lowest BCUT2D eigenvalue weighted by molar-refractivity contribution is 0.0697. The second kappa shape index (κ2) is 3.75. The van der Waals surface area contributed by atoms with Gasteiger partial charge in [0.1, 0.15) is 5.75 Å². The van der Waals surface area contributed by atoms with E-state index in [1.165, 1.54) is 0 Å². The monoisotopic (exact) mass is 232 g/mol. The SMILES string of the molecule is NS(=O)(=O)Nc1ccc(O)cc1C(=O)O. The lowest BCUT2D eigenvalue weighted by Crippen LogP contribution is -2.23. The molecule has 15 heavy (non-hydrogen) atoms. The molecule has 0 aliphatic rings. The zero-order chi connectivity index (χ0) is 11.6. The number of phenolic OH excluding ortho intramolecular Hbond substituents is 1. The summed E-state index contributed by atoms with van der Waals surface area (Å²) in [5, 5.41) is 22.4. The Morgan fingerprint density at radius 2 is 2.00 bits per heavy atom. The quantitative estimate of drug-likeness (QED) is 0.532. The molecule has 0 saturated heterocycles. The highest BCUT2D eigenvalue weighted by Crippen LogP contribution is 2.21. The molecular formula is C7H8N2O5S. The van der Waals surface area contributed by atoms with Gasteiger partial charge in [0.25, 0.3) is 10.2 Å². The van der Waals surface area contributed by atoms with Crippen LogP contribution in [0.15, 0.2) is 18.2 Å². The molecule has 7 nitrogen and oxygen atoms in total. The van der Waals surface area contributed by atoms with Crippen molar-refractivity contribution >= 4 is 21.9 Å². The molecule has 0 aliphatic heterocycles. The Morgan fingerprint density at radius 3 is 2.47 bits per heavy atom. The number of nitrogens with two attached hydrogens (primary N) is 1. The van der Waals surface area contributed by atoms with Gasteiger partial charge in [0.05, 0.1) is 11.3 Å². The fourth-order valence-electron chi connectivity index (χ4n) is 0.951. The third-order valence-electron chi connectivity index (χ3n) is 1.49. The summed E-state index contributed by atoms with van der Waals surface area (Å²) in [5.74, 6) is -1.66. The van der Waals surface area contributed by atoms with Crippen molar-refractivity contribution in [3.8, 4) is 5.75 Å². The maximum Gasteiger partial charge on any atom is 0.337 e. The molecular weight excluding hydrogens is 224 g/mol. The van der Waals surface area contributed by atoms with E-state index in [0.717, 1.165) is 18.2 Å². The zero-order valence-electron chi connectivity index (χ0n) is 7.34. The first kappa shape index (κ1) is 11.3. The van der Waals surface area contributed by atoms with Gasteiger partial charge in [0.2, 0.25) is 0 Å². The van der Waals surface area contributed by atoms with E-state index in [0.29, 0.717) is 0 Å². The van der Waals surface area contributed by atoms with Gasteiger partial charge in [-0.2, -0.15) is 8.42 Å². The van der Waals surface area contributed by atoms with Crippen LogP contribution in [0.5, 0.6) is 5.75 Å². The fraction of sp³-hybridized carbons (Fsp3) is 0. The fourth-order valence-corrected chi connectivity index (χ4v) is 1.44. The highest BCUT2D eigenvalue weighted by atomic mass is 32.2. The molecule has 0 heterocycles. The van der Waals surface area contributed by atoms with Crippen molar-refractivity contribution in [1.82, 2.24) is 0 Å². The minimum Gasteiger partial charge on any atom is -0.508 e. The van der Waals surface area contributed by atoms with E-state index < -0.39 is 16.2 Å². The smallest absolute Gasteiger partial charge is 0.337 e. The molecule has 0 fully saturated rings. The average Bonchev–Trinajstić information content (AvgIpc) is 2.05. The van der Waals surface area contributed by atoms with E-state index in [4.69, 9.17) is 10.2 Å². The van der Waals surface area contributed by atoms with Crippen molar-refractivity contribution < 1.29 is 23.4 Å². The molecule has 0 bridgehead atoms. The average molecular weight is 232 g/mol. The molecule has 5 N–H and O–H groups in total. The van der Waals surface area contributed by atoms with Crippen LogP contribution in [-0.2, 0) is 10.2 Å². The molecule has 82 valence electrons. The number of aromatic carboxylic acids is 1. The molecule has 0 aliphatic carbocycles. The molecule has 0 saturated carbocycles. The van der Waals surface area contributed by atoms with Crippen molar-refractivity contribution in [1.29, 1.82) is 0 Å². The molecule has 1 aromatic rings. The van der Waals surface area contributed by atoms with E-state index in [1.807, 2.05) is 4.72 Å². The number of rotatable bonds is 3. The number of hydrogen-bond acceptors (Lipinski definition) is 4. The Labute approximate surface area is 85.3 Å². The first-order valence-electron chi connectivity index (χ1n) is 3.66. The largest absolute Gasteiger partial charge is 0.508 e. The van der Waals surface area contributed by atoms with Gasteiger partial charge >= 0.3 is 5.97 Å². The number of anilines is 1. The maximum atomic E-state index is 10.7. The lowest BCUT2D eigenvalue weighted by Gasteiger charge is -2.07. The first-order valence-corrected chi connectivity index (χ1v) is 5.21. The summed E-state index contributed by atoms with van der Waals surface area (Å²) < 4.78 is 23.2. The van der Waals surface area contributed by atoms with Crippen molar-refractivity contribution in [2.75, 3.05) is 4.72 Å². The number of phenols is 1. The van der Waals surface area contributed by atoms with Crippen LogP contribution in [0.3, 0.4) is 0 Å². The number of benzene rings is 1. The number of carboxylic acids is 1. The number of hydrogen-bond donors (Lipinski definition) is 4. The predicted octanol–water partition coefficient (Wildman–Crippen LogP) is -0.294. The molecule has 0 aromatic heterocycles. The Morgan fingerprint density at radius 1 is 1.40 bits per heavy atom. The van der Waals surface area contributed by atoms with Gasteiger partial charge in [-0.05, 0) is 18.2 Å². The standard InChI is InChI=1S/C7H8N2O5S/c8-15(13,14)9-6-2-1-4(10)3-5(6)7(11)12/h1-3,9-10H,(H,11,12)(H2,8,13,14). The predicted molar refractivity (Wildman–Crippen MR) is 51.8 cm³/mol. The number of carbonyl (C=O) groups is 1. The van der Waals surface area contributed by atoms with Gasteiger partial charge in [-0.25, -0.2) is 9.93 Å². The van der Waals surface area contributed by atoms with E-state index in [-0.39, 0.29) is 17.0 Å². The van der Waals surface area contributed by atoms with E-state index in [9.17, 15) is 13.2 Å². The molecule has 0 atom stereocenters. The third-order valence-corrected chi connectivity index (χ3v) is 1.99. The van der Waals surface area contributed by atoms with Crippen LogP contribution in [0.2, 0.25) is 0 Å². The van der Waals surface area contributed by atoms with Crippen molar-refractivity contribution in [3.63, 3.8) is 0 Å². The van der Waals surface area contributed by atoms with Gasteiger partial charge in [-0.1, -0.05) is 0 Å². The van der Waals surface area contributed by atoms with Crippen LogP contribution >= 0.6 is 0 Å². The van der Waals surface area contributed by atoms with Crippen molar-refractivity contribution in [2.24, 2.45) is 5.14 Å². The van der Waals surface area contributed by atoms with Gasteiger partial charge in [-0.15, -0.1) is 0 Å². The molecule has 1 aromatic carbocycles. The van der Waals surface area contributed by atoms with Crippen LogP contribution in [0, 0.1) is 0 Å². The summed E-state index contributed by atoms with van der Waals surface area (Å²) in [6.45, 7) is 0. The van der Waals surface area contributed by atoms with Crippen LogP contribution in [0.25, 0.3) is 0 Å². The van der Waals surface area contributed by atoms with Crippen LogP contribution in [0.1, 0.15) is 10.4 Å². The molecule has 1 rings (SSSR count). The van der Waals surface area contributed by atoms with Crippen molar-refractivity contribution in [2.45, 2.75) is 0 Å². The van der Waals surface area contributed by atoms with E-state index in [1.54, 1.807) is 0 Å². The summed E-state index contributed by atoms with van der Waals surface area (Å²) in [4.78, 5) is 10.7. The normalized spacial score (nSPS) is 11.0. The minimum absolute atomic E-state index is 0.206. The molecule has 0 spiro atoms. The molecule has 0 radical (unpaired) electrons. The summed E-state index contributed by atoms with van der Waals surface area (Å²) in [6.07, 6.45) is 0. The summed E-state index contributed by atoms with van der Waals surface area (Å²) in [6, 6.07) is 3.15.